The van der Waals surface area contributed by atoms with Gasteiger partial charge in [0.1, 0.15) is 0 Å². The summed E-state index contributed by atoms with van der Waals surface area (Å²) in [5.41, 5.74) is 1.15. The van der Waals surface area contributed by atoms with E-state index in [0.717, 1.165) is 31.4 Å². The highest BCUT2D eigenvalue weighted by atomic mass is 79.9. The third-order valence-corrected chi connectivity index (χ3v) is 6.69. The summed E-state index contributed by atoms with van der Waals surface area (Å²) in [6, 6.07) is 2.30. The van der Waals surface area contributed by atoms with Gasteiger partial charge in [0, 0.05) is 16.4 Å². The summed E-state index contributed by atoms with van der Waals surface area (Å²) in [6.07, 6.45) is 2.94. The second kappa shape index (κ2) is 6.85. The molecule has 2 heterocycles. The van der Waals surface area contributed by atoms with Crippen molar-refractivity contribution in [3.05, 3.63) is 35.6 Å². The van der Waals surface area contributed by atoms with Crippen molar-refractivity contribution in [3.8, 4) is 0 Å². The highest BCUT2D eigenvalue weighted by molar-refractivity contribution is 9.13. The lowest BCUT2D eigenvalue weighted by Gasteiger charge is -2.18. The summed E-state index contributed by atoms with van der Waals surface area (Å²) in [5, 5.41) is 7.90. The van der Waals surface area contributed by atoms with Crippen molar-refractivity contribution < 1.29 is 0 Å². The van der Waals surface area contributed by atoms with Crippen LogP contribution in [-0.4, -0.2) is 16.3 Å². The van der Waals surface area contributed by atoms with Gasteiger partial charge in [0.25, 0.3) is 0 Å². The minimum Gasteiger partial charge on any atom is -0.304 e. The van der Waals surface area contributed by atoms with Crippen LogP contribution in [0.3, 0.4) is 0 Å². The Morgan fingerprint density at radius 1 is 1.37 bits per heavy atom. The van der Waals surface area contributed by atoms with Crippen LogP contribution < -0.4 is 5.32 Å². The Labute approximate surface area is 142 Å². The van der Waals surface area contributed by atoms with Crippen LogP contribution in [-0.2, 0) is 7.05 Å². The maximum atomic E-state index is 4.31. The van der Waals surface area contributed by atoms with Gasteiger partial charge in [0.15, 0.2) is 0 Å². The Balaban J connectivity index is 2.41. The van der Waals surface area contributed by atoms with Crippen molar-refractivity contribution in [1.29, 1.82) is 0 Å². The van der Waals surface area contributed by atoms with E-state index in [0.29, 0.717) is 0 Å². The smallest absolute Gasteiger partial charge is 0.0854 e. The number of thiophene rings is 1. The molecule has 2 rings (SSSR count). The van der Waals surface area contributed by atoms with Crippen LogP contribution in [0.5, 0.6) is 0 Å². The Hall–Kier alpha value is 0.310. The van der Waals surface area contributed by atoms with Gasteiger partial charge in [-0.05, 0) is 66.8 Å². The molecule has 0 aliphatic heterocycles. The van der Waals surface area contributed by atoms with Crippen molar-refractivity contribution in [2.24, 2.45) is 7.05 Å². The normalized spacial score (nSPS) is 12.9. The molecular weight excluding hydrogens is 458 g/mol. The number of nitrogens with zero attached hydrogens (tertiary/aromatic N) is 2. The fourth-order valence-electron chi connectivity index (χ4n) is 1.87. The van der Waals surface area contributed by atoms with Crippen molar-refractivity contribution in [1.82, 2.24) is 15.1 Å². The van der Waals surface area contributed by atoms with Crippen LogP contribution in [0, 0.1) is 0 Å². The molecule has 0 bridgehead atoms. The summed E-state index contributed by atoms with van der Waals surface area (Å²) in [7, 11) is 1.97. The first kappa shape index (κ1) is 15.7. The summed E-state index contributed by atoms with van der Waals surface area (Å²) in [6.45, 7) is 3.14. The molecule has 3 nitrogen and oxygen atoms in total. The molecule has 0 spiro atoms. The van der Waals surface area contributed by atoms with E-state index in [1.54, 1.807) is 11.3 Å². The van der Waals surface area contributed by atoms with Crippen molar-refractivity contribution in [2.45, 2.75) is 19.4 Å². The number of nitrogens with one attached hydrogen (secondary N) is 1. The monoisotopic (exact) mass is 469 g/mol. The minimum absolute atomic E-state index is 0.148. The summed E-state index contributed by atoms with van der Waals surface area (Å²) in [4.78, 5) is 1.26. The molecule has 0 saturated carbocycles. The Kier molecular flexibility index (Phi) is 5.65. The van der Waals surface area contributed by atoms with Gasteiger partial charge >= 0.3 is 0 Å². The van der Waals surface area contributed by atoms with Gasteiger partial charge in [0.05, 0.1) is 26.2 Å². The van der Waals surface area contributed by atoms with Gasteiger partial charge < -0.3 is 5.32 Å². The first-order chi connectivity index (χ1) is 9.04. The second-order valence-electron chi connectivity index (χ2n) is 4.16. The Morgan fingerprint density at radius 2 is 2.11 bits per heavy atom. The average Bonchev–Trinajstić information content (AvgIpc) is 2.86. The van der Waals surface area contributed by atoms with Gasteiger partial charge in [-0.2, -0.15) is 5.10 Å². The summed E-state index contributed by atoms with van der Waals surface area (Å²) >= 11 is 12.4. The fraction of sp³-hybridized carbons (Fsp3) is 0.417. The van der Waals surface area contributed by atoms with Crippen molar-refractivity contribution >= 4 is 59.1 Å². The van der Waals surface area contributed by atoms with Crippen LogP contribution >= 0.6 is 59.1 Å². The quantitative estimate of drug-likeness (QED) is 0.675. The highest BCUT2D eigenvalue weighted by Crippen LogP contribution is 2.39. The van der Waals surface area contributed by atoms with Crippen LogP contribution in [0.1, 0.15) is 30.0 Å². The molecule has 0 fully saturated rings. The van der Waals surface area contributed by atoms with Crippen LogP contribution in [0.25, 0.3) is 0 Å². The molecule has 0 amide bonds. The summed E-state index contributed by atoms with van der Waals surface area (Å²) < 4.78 is 5.15. The molecule has 1 unspecified atom stereocenters. The van der Waals surface area contributed by atoms with Crippen LogP contribution in [0.15, 0.2) is 25.0 Å². The lowest BCUT2D eigenvalue weighted by Crippen LogP contribution is -2.24. The van der Waals surface area contributed by atoms with Crippen LogP contribution in [0.4, 0.5) is 0 Å². The summed E-state index contributed by atoms with van der Waals surface area (Å²) in [5.74, 6) is 0. The largest absolute Gasteiger partial charge is 0.304 e. The van der Waals surface area contributed by atoms with Gasteiger partial charge in [0.2, 0.25) is 0 Å². The number of aromatic nitrogens is 2. The number of rotatable bonds is 5. The molecular formula is C12H14Br3N3S. The number of halogens is 3. The molecule has 0 aliphatic rings. The van der Waals surface area contributed by atoms with E-state index in [1.807, 2.05) is 17.9 Å². The fourth-order valence-corrected chi connectivity index (χ4v) is 4.62. The molecule has 0 saturated heterocycles. The standard InChI is InChI=1S/C12H14Br3N3S/c1-3-4-16-10(9-5-7(13)12(15)19-9)11-8(14)6-17-18(11)2/h5-6,10,16H,3-4H2,1-2H3. The molecule has 1 N–H and O–H groups in total. The maximum Gasteiger partial charge on any atom is 0.0854 e. The lowest BCUT2D eigenvalue weighted by atomic mass is 10.1. The molecule has 0 radical (unpaired) electrons. The topological polar surface area (TPSA) is 29.9 Å². The van der Waals surface area contributed by atoms with E-state index in [4.69, 9.17) is 0 Å². The van der Waals surface area contributed by atoms with Gasteiger partial charge in [-0.25, -0.2) is 0 Å². The zero-order chi connectivity index (χ0) is 14.0. The van der Waals surface area contributed by atoms with Gasteiger partial charge in [-0.1, -0.05) is 6.92 Å². The van der Waals surface area contributed by atoms with E-state index in [9.17, 15) is 0 Å². The molecule has 2 aromatic heterocycles. The Morgan fingerprint density at radius 3 is 2.58 bits per heavy atom. The average molecular weight is 472 g/mol. The SMILES string of the molecule is CCCNC(c1cc(Br)c(Br)s1)c1c(Br)cnn1C. The maximum absolute atomic E-state index is 4.31. The lowest BCUT2D eigenvalue weighted by molar-refractivity contribution is 0.558. The first-order valence-electron chi connectivity index (χ1n) is 5.90. The van der Waals surface area contributed by atoms with Gasteiger partial charge in [-0.15, -0.1) is 11.3 Å². The third-order valence-electron chi connectivity index (χ3n) is 2.76. The number of aryl methyl sites for hydroxylation is 1. The van der Waals surface area contributed by atoms with Crippen molar-refractivity contribution in [3.63, 3.8) is 0 Å². The molecule has 2 aromatic rings. The first-order valence-corrected chi connectivity index (χ1v) is 9.09. The predicted octanol–water partition coefficient (Wildman–Crippen LogP) is 4.86. The number of hydrogen-bond acceptors (Lipinski definition) is 3. The molecule has 0 aromatic carbocycles. The van der Waals surface area contributed by atoms with E-state index >= 15 is 0 Å². The highest BCUT2D eigenvalue weighted by Gasteiger charge is 2.22. The second-order valence-corrected chi connectivity index (χ2v) is 8.27. The molecule has 19 heavy (non-hydrogen) atoms. The minimum atomic E-state index is 0.148. The predicted molar refractivity (Wildman–Crippen MR) is 90.8 cm³/mol. The Bertz CT molecular complexity index is 526. The zero-order valence-electron chi connectivity index (χ0n) is 10.6. The van der Waals surface area contributed by atoms with Crippen molar-refractivity contribution in [2.75, 3.05) is 6.54 Å². The number of hydrogen-bond donors (Lipinski definition) is 1. The zero-order valence-corrected chi connectivity index (χ0v) is 16.2. The molecule has 104 valence electrons. The van der Waals surface area contributed by atoms with E-state index in [1.165, 1.54) is 4.88 Å². The van der Waals surface area contributed by atoms with E-state index in [2.05, 4.69) is 71.2 Å². The van der Waals surface area contributed by atoms with E-state index < -0.39 is 0 Å². The van der Waals surface area contributed by atoms with Gasteiger partial charge in [-0.3, -0.25) is 4.68 Å². The van der Waals surface area contributed by atoms with E-state index in [-0.39, 0.29) is 6.04 Å². The molecule has 7 heteroatoms. The third kappa shape index (κ3) is 3.50. The molecule has 0 aliphatic carbocycles. The molecule has 1 atom stereocenters. The van der Waals surface area contributed by atoms with Crippen LogP contribution in [0.2, 0.25) is 0 Å².